The lowest BCUT2D eigenvalue weighted by atomic mass is 9.94. The first-order valence-electron chi connectivity index (χ1n) is 9.43. The average Bonchev–Trinajstić information content (AvgIpc) is 2.69. The molecule has 2 heterocycles. The third-order valence-corrected chi connectivity index (χ3v) is 5.48. The molecule has 1 saturated heterocycles. The quantitative estimate of drug-likeness (QED) is 0.553. The van der Waals surface area contributed by atoms with Gasteiger partial charge in [0.05, 0.1) is 12.9 Å². The Morgan fingerprint density at radius 2 is 2.17 bits per heavy atom. The molecule has 3 N–H and O–H groups in total. The van der Waals surface area contributed by atoms with Crippen LogP contribution in [0.3, 0.4) is 0 Å². The van der Waals surface area contributed by atoms with E-state index in [4.69, 9.17) is 10.5 Å². The summed E-state index contributed by atoms with van der Waals surface area (Å²) in [6, 6.07) is 3.59. The first-order chi connectivity index (χ1) is 13.8. The average molecular weight is 433 g/mol. The number of carbonyl (C=O) groups is 1. The predicted octanol–water partition coefficient (Wildman–Crippen LogP) is 3.15. The van der Waals surface area contributed by atoms with E-state index < -0.39 is 12.5 Å². The number of alkyl halides is 2. The molecule has 0 radical (unpaired) electrons. The molecule has 1 amide bonds. The van der Waals surface area contributed by atoms with Gasteiger partial charge >= 0.3 is 0 Å². The lowest BCUT2D eigenvalue weighted by Crippen LogP contribution is -2.37. The number of amides is 1. The molecule has 0 bridgehead atoms. The molecule has 0 atom stereocenters. The van der Waals surface area contributed by atoms with Crippen LogP contribution in [0.4, 0.5) is 13.2 Å². The van der Waals surface area contributed by atoms with E-state index in [0.717, 1.165) is 37.8 Å². The second-order valence-electron chi connectivity index (χ2n) is 7.11. The monoisotopic (exact) mass is 432 g/mol. The molecule has 1 aliphatic heterocycles. The Morgan fingerprint density at radius 3 is 2.72 bits per heavy atom. The standard InChI is InChI=1S/C19H27F3N4O2S/c1-19(21,22)13-25-17(27)8-14-4-6-26(7-5-14)29-16-2-3-18(24-11-16)28-12-15(9-20)10-23/h2-3,9,11,14H,4-8,10,12-13,23H2,1H3,(H,25,27)/b15-9-. The highest BCUT2D eigenvalue weighted by Gasteiger charge is 2.25. The minimum Gasteiger partial charge on any atom is -0.473 e. The van der Waals surface area contributed by atoms with Crippen LogP contribution in [-0.4, -0.2) is 53.9 Å². The summed E-state index contributed by atoms with van der Waals surface area (Å²) >= 11 is 1.57. The maximum Gasteiger partial charge on any atom is 0.262 e. The highest BCUT2D eigenvalue weighted by Crippen LogP contribution is 2.29. The molecular weight excluding hydrogens is 405 g/mol. The molecular formula is C19H27F3N4O2S. The molecule has 1 aliphatic rings. The maximum absolute atomic E-state index is 12.8. The van der Waals surface area contributed by atoms with Gasteiger partial charge in [-0.1, -0.05) is 0 Å². The Kier molecular flexibility index (Phi) is 9.25. The summed E-state index contributed by atoms with van der Waals surface area (Å²) in [6.07, 6.45) is 4.06. The third-order valence-electron chi connectivity index (χ3n) is 4.41. The van der Waals surface area contributed by atoms with Crippen LogP contribution in [0.15, 0.2) is 35.1 Å². The van der Waals surface area contributed by atoms with Gasteiger partial charge in [-0.2, -0.15) is 0 Å². The first-order valence-corrected chi connectivity index (χ1v) is 10.2. The fourth-order valence-electron chi connectivity index (χ4n) is 2.75. The summed E-state index contributed by atoms with van der Waals surface area (Å²) in [7, 11) is 0. The van der Waals surface area contributed by atoms with Crippen molar-refractivity contribution in [2.75, 3.05) is 32.8 Å². The summed E-state index contributed by atoms with van der Waals surface area (Å²) in [5, 5.41) is 2.29. The van der Waals surface area contributed by atoms with Crippen LogP contribution >= 0.6 is 11.9 Å². The number of piperidine rings is 1. The molecule has 0 unspecified atom stereocenters. The van der Waals surface area contributed by atoms with Crippen molar-refractivity contribution in [1.82, 2.24) is 14.6 Å². The Labute approximate surface area is 173 Å². The summed E-state index contributed by atoms with van der Waals surface area (Å²) in [5.74, 6) is -2.62. The summed E-state index contributed by atoms with van der Waals surface area (Å²) < 4.78 is 45.6. The minimum atomic E-state index is -2.89. The normalized spacial score (nSPS) is 16.7. The summed E-state index contributed by atoms with van der Waals surface area (Å²) in [4.78, 5) is 16.9. The van der Waals surface area contributed by atoms with E-state index in [9.17, 15) is 18.0 Å². The van der Waals surface area contributed by atoms with Gasteiger partial charge in [-0.25, -0.2) is 22.5 Å². The van der Waals surface area contributed by atoms with Gasteiger partial charge < -0.3 is 15.8 Å². The van der Waals surface area contributed by atoms with Crippen molar-refractivity contribution >= 4 is 17.9 Å². The van der Waals surface area contributed by atoms with E-state index in [1.165, 1.54) is 0 Å². The van der Waals surface area contributed by atoms with E-state index in [1.54, 1.807) is 24.2 Å². The van der Waals surface area contributed by atoms with E-state index in [-0.39, 0.29) is 31.4 Å². The molecule has 1 fully saturated rings. The number of ether oxygens (including phenoxy) is 1. The number of aromatic nitrogens is 1. The highest BCUT2D eigenvalue weighted by molar-refractivity contribution is 7.97. The van der Waals surface area contributed by atoms with E-state index >= 15 is 0 Å². The van der Waals surface area contributed by atoms with Gasteiger partial charge in [0.1, 0.15) is 6.61 Å². The van der Waals surface area contributed by atoms with Crippen LogP contribution in [0.25, 0.3) is 0 Å². The number of halogens is 3. The number of hydrogen-bond donors (Lipinski definition) is 2. The van der Waals surface area contributed by atoms with Crippen LogP contribution in [0, 0.1) is 5.92 Å². The van der Waals surface area contributed by atoms with Crippen molar-refractivity contribution < 1.29 is 22.7 Å². The van der Waals surface area contributed by atoms with Crippen LogP contribution in [0.5, 0.6) is 5.88 Å². The topological polar surface area (TPSA) is 80.5 Å². The van der Waals surface area contributed by atoms with Crippen molar-refractivity contribution in [2.24, 2.45) is 11.7 Å². The first kappa shape index (κ1) is 23.5. The van der Waals surface area contributed by atoms with E-state index in [1.807, 2.05) is 6.07 Å². The molecule has 0 saturated carbocycles. The smallest absolute Gasteiger partial charge is 0.262 e. The number of nitrogens with zero attached hydrogens (tertiary/aromatic N) is 2. The van der Waals surface area contributed by atoms with Gasteiger partial charge in [0.25, 0.3) is 5.92 Å². The summed E-state index contributed by atoms with van der Waals surface area (Å²) in [5.41, 5.74) is 5.73. The van der Waals surface area contributed by atoms with Crippen LogP contribution in [0.2, 0.25) is 0 Å². The van der Waals surface area contributed by atoms with Gasteiger partial charge in [0, 0.05) is 55.7 Å². The molecule has 2 rings (SSSR count). The maximum atomic E-state index is 12.8. The molecule has 0 aromatic carbocycles. The number of pyridine rings is 1. The lowest BCUT2D eigenvalue weighted by Gasteiger charge is -2.30. The molecule has 29 heavy (non-hydrogen) atoms. The number of nitrogens with two attached hydrogens (primary N) is 1. The zero-order valence-corrected chi connectivity index (χ0v) is 17.2. The SMILES string of the molecule is CC(F)(F)CNC(=O)CC1CCN(Sc2ccc(OC/C(=C\F)CN)nc2)CC1. The number of nitrogens with one attached hydrogen (secondary N) is 1. The molecule has 0 aliphatic carbocycles. The number of carbonyl (C=O) groups excluding carboxylic acids is 1. The molecule has 162 valence electrons. The number of hydrogen-bond acceptors (Lipinski definition) is 6. The predicted molar refractivity (Wildman–Crippen MR) is 106 cm³/mol. The van der Waals surface area contributed by atoms with Gasteiger partial charge in [-0.15, -0.1) is 0 Å². The molecule has 10 heteroatoms. The molecule has 1 aromatic rings. The molecule has 1 aromatic heterocycles. The van der Waals surface area contributed by atoms with Gasteiger partial charge in [0.2, 0.25) is 11.8 Å². The highest BCUT2D eigenvalue weighted by atomic mass is 32.2. The van der Waals surface area contributed by atoms with Gasteiger partial charge in [-0.3, -0.25) is 4.79 Å². The van der Waals surface area contributed by atoms with Gasteiger partial charge in [-0.05, 0) is 36.8 Å². The number of rotatable bonds is 10. The molecule has 6 nitrogen and oxygen atoms in total. The summed E-state index contributed by atoms with van der Waals surface area (Å²) in [6.45, 7) is 1.91. The Bertz CT molecular complexity index is 675. The second-order valence-corrected chi connectivity index (χ2v) is 8.28. The van der Waals surface area contributed by atoms with Crippen molar-refractivity contribution in [1.29, 1.82) is 0 Å². The Hall–Kier alpha value is -1.78. The fraction of sp³-hybridized carbons (Fsp3) is 0.579. The van der Waals surface area contributed by atoms with Crippen molar-refractivity contribution in [2.45, 2.75) is 37.0 Å². The van der Waals surface area contributed by atoms with Crippen molar-refractivity contribution in [3.63, 3.8) is 0 Å². The lowest BCUT2D eigenvalue weighted by molar-refractivity contribution is -0.123. The zero-order valence-electron chi connectivity index (χ0n) is 16.4. The Morgan fingerprint density at radius 1 is 1.45 bits per heavy atom. The van der Waals surface area contributed by atoms with E-state index in [0.29, 0.717) is 17.8 Å². The van der Waals surface area contributed by atoms with E-state index in [2.05, 4.69) is 14.6 Å². The second kappa shape index (κ2) is 11.4. The van der Waals surface area contributed by atoms with Crippen molar-refractivity contribution in [3.8, 4) is 5.88 Å². The molecule has 0 spiro atoms. The largest absolute Gasteiger partial charge is 0.473 e. The van der Waals surface area contributed by atoms with Crippen LogP contribution in [-0.2, 0) is 4.79 Å². The van der Waals surface area contributed by atoms with Crippen molar-refractivity contribution in [3.05, 3.63) is 30.2 Å². The van der Waals surface area contributed by atoms with Crippen LogP contribution < -0.4 is 15.8 Å². The van der Waals surface area contributed by atoms with Crippen LogP contribution in [0.1, 0.15) is 26.2 Å². The zero-order chi connectivity index (χ0) is 21.3. The Balaban J connectivity index is 1.70. The van der Waals surface area contributed by atoms with Gasteiger partial charge in [0.15, 0.2) is 0 Å². The fourth-order valence-corrected chi connectivity index (χ4v) is 3.67. The minimum absolute atomic E-state index is 0.0590. The third kappa shape index (κ3) is 9.05.